The van der Waals surface area contributed by atoms with Crippen LogP contribution in [0.1, 0.15) is 26.7 Å². The van der Waals surface area contributed by atoms with E-state index >= 15 is 0 Å². The number of hydrogen-bond acceptors (Lipinski definition) is 2. The molecule has 1 aliphatic rings. The highest BCUT2D eigenvalue weighted by Gasteiger charge is 2.31. The van der Waals surface area contributed by atoms with Crippen molar-refractivity contribution in [1.29, 1.82) is 0 Å². The number of anilines is 1. The Morgan fingerprint density at radius 3 is 2.83 bits per heavy atom. The van der Waals surface area contributed by atoms with E-state index in [1.807, 2.05) is 12.4 Å². The smallest absolute Gasteiger partial charge is 0.0423 e. The Labute approximate surface area is 108 Å². The van der Waals surface area contributed by atoms with Crippen molar-refractivity contribution in [2.45, 2.75) is 32.7 Å². The first-order valence-electron chi connectivity index (χ1n) is 6.83. The molecule has 0 unspecified atom stereocenters. The Morgan fingerprint density at radius 2 is 2.06 bits per heavy atom. The van der Waals surface area contributed by atoms with E-state index in [0.29, 0.717) is 6.04 Å². The maximum Gasteiger partial charge on any atom is 0.0423 e. The van der Waals surface area contributed by atoms with Crippen LogP contribution in [0.25, 0.3) is 10.8 Å². The summed E-state index contributed by atoms with van der Waals surface area (Å²) in [5.74, 6) is 1.72. The predicted octanol–water partition coefficient (Wildman–Crippen LogP) is 4.08. The lowest BCUT2D eigenvalue weighted by Gasteiger charge is -2.39. The number of fused-ring (bicyclic) bond motifs is 1. The van der Waals surface area contributed by atoms with Crippen LogP contribution in [-0.4, -0.2) is 11.0 Å². The standard InChI is InChI=1S/C16H20N2/c1-11(2)13-8-14(9-13)18-16-5-3-4-12-10-17-7-6-15(12)16/h3-7,10-11,13-14,18H,8-9H2,1-2H3. The van der Waals surface area contributed by atoms with E-state index in [2.05, 4.69) is 48.4 Å². The molecular formula is C16H20N2. The summed E-state index contributed by atoms with van der Waals surface area (Å²) >= 11 is 0. The third-order valence-corrected chi connectivity index (χ3v) is 4.16. The van der Waals surface area contributed by atoms with Gasteiger partial charge in [-0.2, -0.15) is 0 Å². The first-order chi connectivity index (χ1) is 8.74. The molecule has 0 atom stereocenters. The van der Waals surface area contributed by atoms with Crippen LogP contribution in [0.4, 0.5) is 5.69 Å². The summed E-state index contributed by atoms with van der Waals surface area (Å²) in [6.07, 6.45) is 6.40. The number of nitrogens with one attached hydrogen (secondary N) is 1. The van der Waals surface area contributed by atoms with Crippen molar-refractivity contribution in [1.82, 2.24) is 4.98 Å². The number of aromatic nitrogens is 1. The molecule has 1 aromatic carbocycles. The van der Waals surface area contributed by atoms with Gasteiger partial charge in [0.05, 0.1) is 0 Å². The summed E-state index contributed by atoms with van der Waals surface area (Å²) in [5.41, 5.74) is 1.25. The molecule has 0 aliphatic heterocycles. The molecule has 0 saturated heterocycles. The van der Waals surface area contributed by atoms with Gasteiger partial charge in [-0.05, 0) is 36.8 Å². The van der Waals surface area contributed by atoms with Crippen LogP contribution in [0.15, 0.2) is 36.7 Å². The molecule has 94 valence electrons. The zero-order valence-electron chi connectivity index (χ0n) is 11.1. The highest BCUT2D eigenvalue weighted by atomic mass is 14.9. The number of nitrogens with zero attached hydrogens (tertiary/aromatic N) is 1. The zero-order valence-corrected chi connectivity index (χ0v) is 11.1. The first-order valence-corrected chi connectivity index (χ1v) is 6.83. The summed E-state index contributed by atoms with van der Waals surface area (Å²) in [4.78, 5) is 4.17. The van der Waals surface area contributed by atoms with Crippen molar-refractivity contribution in [3.05, 3.63) is 36.7 Å². The van der Waals surface area contributed by atoms with Crippen molar-refractivity contribution in [3.8, 4) is 0 Å². The Kier molecular flexibility index (Phi) is 2.94. The lowest BCUT2D eigenvalue weighted by Crippen LogP contribution is -2.37. The van der Waals surface area contributed by atoms with Crippen LogP contribution in [0.5, 0.6) is 0 Å². The molecule has 2 aromatic rings. The molecule has 2 heteroatoms. The minimum absolute atomic E-state index is 0.649. The molecule has 1 saturated carbocycles. The first kappa shape index (κ1) is 11.5. The maximum absolute atomic E-state index is 4.17. The van der Waals surface area contributed by atoms with Crippen LogP contribution in [0, 0.1) is 11.8 Å². The fourth-order valence-corrected chi connectivity index (χ4v) is 2.79. The van der Waals surface area contributed by atoms with Crippen molar-refractivity contribution in [2.24, 2.45) is 11.8 Å². The topological polar surface area (TPSA) is 24.9 Å². The number of rotatable bonds is 3. The van der Waals surface area contributed by atoms with Crippen LogP contribution in [-0.2, 0) is 0 Å². The van der Waals surface area contributed by atoms with Crippen molar-refractivity contribution in [3.63, 3.8) is 0 Å². The number of benzene rings is 1. The van der Waals surface area contributed by atoms with Gasteiger partial charge in [-0.25, -0.2) is 0 Å². The molecule has 1 heterocycles. The highest BCUT2D eigenvalue weighted by Crippen LogP contribution is 2.36. The molecule has 18 heavy (non-hydrogen) atoms. The van der Waals surface area contributed by atoms with Gasteiger partial charge in [0.15, 0.2) is 0 Å². The minimum atomic E-state index is 0.649. The van der Waals surface area contributed by atoms with Gasteiger partial charge < -0.3 is 5.32 Å². The monoisotopic (exact) mass is 240 g/mol. The maximum atomic E-state index is 4.17. The molecule has 0 bridgehead atoms. The Balaban J connectivity index is 1.76. The van der Waals surface area contributed by atoms with Gasteiger partial charge in [-0.3, -0.25) is 4.98 Å². The molecule has 0 amide bonds. The lowest BCUT2D eigenvalue weighted by atomic mass is 9.73. The molecule has 1 aliphatic carbocycles. The van der Waals surface area contributed by atoms with Crippen LogP contribution in [0.2, 0.25) is 0 Å². The average Bonchev–Trinajstić information content (AvgIpc) is 2.33. The largest absolute Gasteiger partial charge is 0.382 e. The predicted molar refractivity (Wildman–Crippen MR) is 76.7 cm³/mol. The second kappa shape index (κ2) is 4.60. The molecule has 0 spiro atoms. The average molecular weight is 240 g/mol. The van der Waals surface area contributed by atoms with E-state index in [4.69, 9.17) is 0 Å². The van der Waals surface area contributed by atoms with Gasteiger partial charge in [0.1, 0.15) is 0 Å². The molecule has 1 fully saturated rings. The lowest BCUT2D eigenvalue weighted by molar-refractivity contribution is 0.212. The van der Waals surface area contributed by atoms with Gasteiger partial charge in [-0.1, -0.05) is 26.0 Å². The molecule has 1 N–H and O–H groups in total. The van der Waals surface area contributed by atoms with Crippen LogP contribution >= 0.6 is 0 Å². The summed E-state index contributed by atoms with van der Waals surface area (Å²) in [6, 6.07) is 9.13. The minimum Gasteiger partial charge on any atom is -0.382 e. The number of pyridine rings is 1. The van der Waals surface area contributed by atoms with Gasteiger partial charge in [0, 0.05) is 34.9 Å². The van der Waals surface area contributed by atoms with E-state index < -0.39 is 0 Å². The zero-order chi connectivity index (χ0) is 12.5. The SMILES string of the molecule is CC(C)C1CC(Nc2cccc3cnccc23)C1. The summed E-state index contributed by atoms with van der Waals surface area (Å²) in [7, 11) is 0. The van der Waals surface area contributed by atoms with E-state index in [1.165, 1.54) is 29.3 Å². The highest BCUT2D eigenvalue weighted by molar-refractivity contribution is 5.93. The number of hydrogen-bond donors (Lipinski definition) is 1. The van der Waals surface area contributed by atoms with E-state index in [-0.39, 0.29) is 0 Å². The second-order valence-electron chi connectivity index (χ2n) is 5.72. The fraction of sp³-hybridized carbons (Fsp3) is 0.438. The molecule has 3 rings (SSSR count). The van der Waals surface area contributed by atoms with Crippen LogP contribution in [0.3, 0.4) is 0 Å². The summed E-state index contributed by atoms with van der Waals surface area (Å²) in [6.45, 7) is 4.65. The molecule has 2 nitrogen and oxygen atoms in total. The third-order valence-electron chi connectivity index (χ3n) is 4.16. The fourth-order valence-electron chi connectivity index (χ4n) is 2.79. The summed E-state index contributed by atoms with van der Waals surface area (Å²) in [5, 5.41) is 6.17. The molecule has 1 aromatic heterocycles. The Morgan fingerprint density at radius 1 is 1.22 bits per heavy atom. The van der Waals surface area contributed by atoms with Gasteiger partial charge >= 0.3 is 0 Å². The van der Waals surface area contributed by atoms with Gasteiger partial charge in [0.2, 0.25) is 0 Å². The van der Waals surface area contributed by atoms with Crippen molar-refractivity contribution >= 4 is 16.5 Å². The molecular weight excluding hydrogens is 220 g/mol. The van der Waals surface area contributed by atoms with E-state index in [0.717, 1.165) is 11.8 Å². The van der Waals surface area contributed by atoms with Crippen LogP contribution < -0.4 is 5.32 Å². The van der Waals surface area contributed by atoms with Crippen molar-refractivity contribution < 1.29 is 0 Å². The quantitative estimate of drug-likeness (QED) is 0.874. The van der Waals surface area contributed by atoms with E-state index in [9.17, 15) is 0 Å². The van der Waals surface area contributed by atoms with Crippen molar-refractivity contribution in [2.75, 3.05) is 5.32 Å². The van der Waals surface area contributed by atoms with Gasteiger partial charge in [0.25, 0.3) is 0 Å². The third kappa shape index (κ3) is 2.07. The Bertz CT molecular complexity index is 536. The second-order valence-corrected chi connectivity index (χ2v) is 5.72. The summed E-state index contributed by atoms with van der Waals surface area (Å²) < 4.78 is 0. The van der Waals surface area contributed by atoms with E-state index in [1.54, 1.807) is 0 Å². The van der Waals surface area contributed by atoms with Gasteiger partial charge in [-0.15, -0.1) is 0 Å². The molecule has 0 radical (unpaired) electrons. The normalized spacial score (nSPS) is 23.1. The Hall–Kier alpha value is -1.57.